The summed E-state index contributed by atoms with van der Waals surface area (Å²) in [6.45, 7) is 0. The van der Waals surface area contributed by atoms with Crippen LogP contribution in [0, 0.1) is 0 Å². The van der Waals surface area contributed by atoms with Gasteiger partial charge in [0, 0.05) is 10.4 Å². The molecule has 0 amide bonds. The van der Waals surface area contributed by atoms with E-state index >= 15 is 0 Å². The summed E-state index contributed by atoms with van der Waals surface area (Å²) < 4.78 is 2.11. The van der Waals surface area contributed by atoms with Crippen LogP contribution < -0.4 is 0 Å². The monoisotopic (exact) mass is 278 g/mol. The molecule has 0 saturated heterocycles. The lowest BCUT2D eigenvalue weighted by Gasteiger charge is -2.08. The number of rotatable bonds is 1. The van der Waals surface area contributed by atoms with Crippen molar-refractivity contribution < 1.29 is 0 Å². The maximum absolute atomic E-state index is 6.02. The van der Waals surface area contributed by atoms with E-state index in [1.165, 1.54) is 10.8 Å². The number of halogens is 1. The molecule has 3 aromatic carbocycles. The SMILES string of the molecule is Clc1ccc2c(c1)ncn2-c1cccc2ccccc12. The molecule has 0 bridgehead atoms. The van der Waals surface area contributed by atoms with Gasteiger partial charge in [-0.2, -0.15) is 0 Å². The van der Waals surface area contributed by atoms with Crippen molar-refractivity contribution in [3.63, 3.8) is 0 Å². The fourth-order valence-corrected chi connectivity index (χ4v) is 2.76. The predicted molar refractivity (Wildman–Crippen MR) is 83.6 cm³/mol. The van der Waals surface area contributed by atoms with Gasteiger partial charge < -0.3 is 0 Å². The zero-order valence-electron chi connectivity index (χ0n) is 10.6. The van der Waals surface area contributed by atoms with Gasteiger partial charge in [0.25, 0.3) is 0 Å². The third-order valence-electron chi connectivity index (χ3n) is 3.54. The molecule has 20 heavy (non-hydrogen) atoms. The molecule has 4 aromatic rings. The van der Waals surface area contributed by atoms with E-state index in [0.29, 0.717) is 5.02 Å². The topological polar surface area (TPSA) is 17.8 Å². The molecular weight excluding hydrogens is 268 g/mol. The smallest absolute Gasteiger partial charge is 0.100 e. The lowest BCUT2D eigenvalue weighted by molar-refractivity contribution is 1.10. The van der Waals surface area contributed by atoms with Crippen molar-refractivity contribution in [2.75, 3.05) is 0 Å². The fourth-order valence-electron chi connectivity index (χ4n) is 2.60. The van der Waals surface area contributed by atoms with Gasteiger partial charge in [0.1, 0.15) is 6.33 Å². The van der Waals surface area contributed by atoms with E-state index in [1.807, 2.05) is 24.5 Å². The molecule has 2 nitrogen and oxygen atoms in total. The van der Waals surface area contributed by atoms with Crippen molar-refractivity contribution in [1.82, 2.24) is 9.55 Å². The van der Waals surface area contributed by atoms with Crippen molar-refractivity contribution in [2.24, 2.45) is 0 Å². The largest absolute Gasteiger partial charge is 0.298 e. The first kappa shape index (κ1) is 11.5. The van der Waals surface area contributed by atoms with Crippen LogP contribution in [0.15, 0.2) is 67.0 Å². The number of hydrogen-bond acceptors (Lipinski definition) is 1. The highest BCUT2D eigenvalue weighted by Crippen LogP contribution is 2.26. The summed E-state index contributed by atoms with van der Waals surface area (Å²) in [6, 6.07) is 20.4. The van der Waals surface area contributed by atoms with Gasteiger partial charge in [0.2, 0.25) is 0 Å². The molecule has 0 radical (unpaired) electrons. The lowest BCUT2D eigenvalue weighted by atomic mass is 10.1. The Labute approximate surface area is 121 Å². The van der Waals surface area contributed by atoms with Crippen LogP contribution in [0.4, 0.5) is 0 Å². The zero-order chi connectivity index (χ0) is 13.5. The van der Waals surface area contributed by atoms with Crippen LogP contribution >= 0.6 is 11.6 Å². The summed E-state index contributed by atoms with van der Waals surface area (Å²) in [5, 5.41) is 3.14. The van der Waals surface area contributed by atoms with Gasteiger partial charge in [-0.3, -0.25) is 4.57 Å². The van der Waals surface area contributed by atoms with Gasteiger partial charge in [-0.25, -0.2) is 4.98 Å². The Kier molecular flexibility index (Phi) is 2.51. The summed E-state index contributed by atoms with van der Waals surface area (Å²) in [5.74, 6) is 0. The van der Waals surface area contributed by atoms with Crippen molar-refractivity contribution in [2.45, 2.75) is 0 Å². The minimum Gasteiger partial charge on any atom is -0.298 e. The molecule has 0 N–H and O–H groups in total. The van der Waals surface area contributed by atoms with Crippen molar-refractivity contribution >= 4 is 33.4 Å². The summed E-state index contributed by atoms with van der Waals surface area (Å²) in [6.07, 6.45) is 1.85. The van der Waals surface area contributed by atoms with E-state index in [4.69, 9.17) is 11.6 Å². The number of imidazole rings is 1. The van der Waals surface area contributed by atoms with Crippen molar-refractivity contribution in [3.8, 4) is 5.69 Å². The van der Waals surface area contributed by atoms with Gasteiger partial charge in [-0.15, -0.1) is 0 Å². The van der Waals surface area contributed by atoms with E-state index in [9.17, 15) is 0 Å². The van der Waals surface area contributed by atoms with Gasteiger partial charge >= 0.3 is 0 Å². The van der Waals surface area contributed by atoms with E-state index in [1.54, 1.807) is 0 Å². The molecule has 0 aliphatic rings. The molecule has 1 aromatic heterocycles. The van der Waals surface area contributed by atoms with Crippen LogP contribution in [0.3, 0.4) is 0 Å². The van der Waals surface area contributed by atoms with E-state index < -0.39 is 0 Å². The normalized spacial score (nSPS) is 11.2. The molecule has 0 spiro atoms. The fraction of sp³-hybridized carbons (Fsp3) is 0. The number of fused-ring (bicyclic) bond motifs is 2. The van der Waals surface area contributed by atoms with E-state index in [2.05, 4.69) is 52.0 Å². The Morgan fingerprint density at radius 3 is 2.70 bits per heavy atom. The molecule has 96 valence electrons. The third kappa shape index (κ3) is 1.69. The zero-order valence-corrected chi connectivity index (χ0v) is 11.4. The molecular formula is C17H11ClN2. The average molecular weight is 279 g/mol. The van der Waals surface area contributed by atoms with Gasteiger partial charge in [-0.05, 0) is 29.7 Å². The summed E-state index contributed by atoms with van der Waals surface area (Å²) in [4.78, 5) is 4.44. The van der Waals surface area contributed by atoms with Crippen LogP contribution in [-0.4, -0.2) is 9.55 Å². The number of aromatic nitrogens is 2. The Balaban J connectivity index is 2.06. The standard InChI is InChI=1S/C17H11ClN2/c18-13-8-9-17-15(10-13)19-11-20(17)16-7-3-5-12-4-1-2-6-14(12)16/h1-11H. The van der Waals surface area contributed by atoms with Crippen LogP contribution in [0.25, 0.3) is 27.5 Å². The molecule has 1 heterocycles. The lowest BCUT2D eigenvalue weighted by Crippen LogP contribution is -1.93. The van der Waals surface area contributed by atoms with Crippen LogP contribution in [0.5, 0.6) is 0 Å². The summed E-state index contributed by atoms with van der Waals surface area (Å²) >= 11 is 6.02. The average Bonchev–Trinajstić information content (AvgIpc) is 2.89. The van der Waals surface area contributed by atoms with Crippen LogP contribution in [0.2, 0.25) is 5.02 Å². The molecule has 0 saturated carbocycles. The Morgan fingerprint density at radius 1 is 0.900 bits per heavy atom. The summed E-state index contributed by atoms with van der Waals surface area (Å²) in [7, 11) is 0. The Hall–Kier alpha value is -2.32. The predicted octanol–water partition coefficient (Wildman–Crippen LogP) is 4.83. The molecule has 4 rings (SSSR count). The van der Waals surface area contributed by atoms with Gasteiger partial charge in [-0.1, -0.05) is 48.0 Å². The molecule has 0 atom stereocenters. The molecule has 0 aliphatic heterocycles. The number of hydrogen-bond donors (Lipinski definition) is 0. The highest BCUT2D eigenvalue weighted by atomic mass is 35.5. The van der Waals surface area contributed by atoms with Gasteiger partial charge in [0.05, 0.1) is 16.7 Å². The maximum Gasteiger partial charge on any atom is 0.100 e. The number of nitrogens with zero attached hydrogens (tertiary/aromatic N) is 2. The minimum absolute atomic E-state index is 0.709. The first-order valence-corrected chi connectivity index (χ1v) is 6.81. The molecule has 3 heteroatoms. The summed E-state index contributed by atoms with van der Waals surface area (Å²) in [5.41, 5.74) is 3.10. The van der Waals surface area contributed by atoms with Crippen LogP contribution in [-0.2, 0) is 0 Å². The van der Waals surface area contributed by atoms with E-state index in [-0.39, 0.29) is 0 Å². The molecule has 0 unspecified atom stereocenters. The second-order valence-corrected chi connectivity index (χ2v) is 5.18. The number of benzene rings is 3. The molecule has 0 aliphatic carbocycles. The van der Waals surface area contributed by atoms with Crippen molar-refractivity contribution in [3.05, 3.63) is 72.0 Å². The maximum atomic E-state index is 6.02. The van der Waals surface area contributed by atoms with Crippen LogP contribution in [0.1, 0.15) is 0 Å². The second kappa shape index (κ2) is 4.36. The minimum atomic E-state index is 0.709. The highest BCUT2D eigenvalue weighted by Gasteiger charge is 2.07. The Morgan fingerprint density at radius 2 is 1.75 bits per heavy atom. The first-order chi connectivity index (χ1) is 9.83. The first-order valence-electron chi connectivity index (χ1n) is 6.44. The highest BCUT2D eigenvalue weighted by molar-refractivity contribution is 6.31. The third-order valence-corrected chi connectivity index (χ3v) is 3.77. The molecule has 0 fully saturated rings. The quantitative estimate of drug-likeness (QED) is 0.487. The second-order valence-electron chi connectivity index (χ2n) is 4.75. The van der Waals surface area contributed by atoms with Crippen molar-refractivity contribution in [1.29, 1.82) is 0 Å². The van der Waals surface area contributed by atoms with Gasteiger partial charge in [0.15, 0.2) is 0 Å². The van der Waals surface area contributed by atoms with E-state index in [0.717, 1.165) is 16.7 Å². The Bertz CT molecular complexity index is 919.